The van der Waals surface area contributed by atoms with Crippen LogP contribution in [0.25, 0.3) is 0 Å². The Labute approximate surface area is 139 Å². The molecule has 7 heteroatoms. The predicted molar refractivity (Wildman–Crippen MR) is 89.7 cm³/mol. The maximum atomic E-state index is 12.8. The third-order valence-corrected chi connectivity index (χ3v) is 5.08. The lowest BCUT2D eigenvalue weighted by Gasteiger charge is -2.30. The summed E-state index contributed by atoms with van der Waals surface area (Å²) in [6, 6.07) is 3.45. The first-order valence-electron chi connectivity index (χ1n) is 7.83. The third-order valence-electron chi connectivity index (χ3n) is 4.13. The van der Waals surface area contributed by atoms with Crippen LogP contribution >= 0.6 is 11.8 Å². The first-order chi connectivity index (χ1) is 11.2. The summed E-state index contributed by atoms with van der Waals surface area (Å²) in [5.41, 5.74) is 0.994. The van der Waals surface area contributed by atoms with Crippen LogP contribution in [-0.4, -0.2) is 51.7 Å². The Hall–Kier alpha value is -1.73. The third kappa shape index (κ3) is 3.45. The lowest BCUT2D eigenvalue weighted by Crippen LogP contribution is -2.42. The molecule has 3 rings (SSSR count). The molecule has 0 aromatic carbocycles. The van der Waals surface area contributed by atoms with Crippen molar-refractivity contribution in [2.45, 2.75) is 32.4 Å². The average Bonchev–Trinajstić information content (AvgIpc) is 3.26. The van der Waals surface area contributed by atoms with Crippen LogP contribution < -0.4 is 0 Å². The summed E-state index contributed by atoms with van der Waals surface area (Å²) >= 11 is 1.58. The number of fused-ring (bicyclic) bond motifs is 1. The van der Waals surface area contributed by atoms with Crippen molar-refractivity contribution < 1.29 is 14.3 Å². The van der Waals surface area contributed by atoms with Gasteiger partial charge in [-0.15, -0.1) is 0 Å². The summed E-state index contributed by atoms with van der Waals surface area (Å²) in [5.74, 6) is 0.728. The van der Waals surface area contributed by atoms with Crippen molar-refractivity contribution in [2.75, 3.05) is 19.7 Å². The summed E-state index contributed by atoms with van der Waals surface area (Å²) in [4.78, 5) is 21.1. The number of aliphatic hydroxyl groups excluding tert-OH is 1. The summed E-state index contributed by atoms with van der Waals surface area (Å²) in [6.07, 6.45) is 2.62. The Kier molecular flexibility index (Phi) is 5.07. The number of aliphatic imine (C=N–C) groups is 1. The molecule has 1 aromatic rings. The molecule has 0 saturated carbocycles. The van der Waals surface area contributed by atoms with Crippen molar-refractivity contribution in [3.05, 3.63) is 35.3 Å². The molecule has 0 spiro atoms. The van der Waals surface area contributed by atoms with Gasteiger partial charge in [-0.25, -0.2) is 0 Å². The van der Waals surface area contributed by atoms with Crippen LogP contribution in [0.1, 0.15) is 25.5 Å². The lowest BCUT2D eigenvalue weighted by molar-refractivity contribution is -0.135. The number of nitrogens with zero attached hydrogens (tertiary/aromatic N) is 3. The quantitative estimate of drug-likeness (QED) is 0.826. The zero-order chi connectivity index (χ0) is 16.2. The molecule has 2 aliphatic heterocycles. The molecule has 6 nitrogen and oxygen atoms in total. The van der Waals surface area contributed by atoms with Gasteiger partial charge in [-0.3, -0.25) is 9.79 Å². The Morgan fingerprint density at radius 2 is 2.48 bits per heavy atom. The van der Waals surface area contributed by atoms with Crippen molar-refractivity contribution in [3.8, 4) is 0 Å². The van der Waals surface area contributed by atoms with Crippen LogP contribution in [0, 0.1) is 0 Å². The molecule has 0 fully saturated rings. The fraction of sp³-hybridized carbons (Fsp3) is 0.500. The van der Waals surface area contributed by atoms with Crippen LogP contribution in [0.15, 0.2) is 38.9 Å². The van der Waals surface area contributed by atoms with E-state index in [0.717, 1.165) is 29.7 Å². The van der Waals surface area contributed by atoms with E-state index >= 15 is 0 Å². The van der Waals surface area contributed by atoms with Crippen LogP contribution in [0.5, 0.6) is 0 Å². The zero-order valence-corrected chi connectivity index (χ0v) is 14.0. The van der Waals surface area contributed by atoms with E-state index in [1.54, 1.807) is 29.0 Å². The molecule has 1 unspecified atom stereocenters. The van der Waals surface area contributed by atoms with Crippen molar-refractivity contribution in [1.82, 2.24) is 9.80 Å². The maximum Gasteiger partial charge on any atom is 0.229 e. The van der Waals surface area contributed by atoms with Gasteiger partial charge in [0.15, 0.2) is 5.17 Å². The van der Waals surface area contributed by atoms with Gasteiger partial charge in [-0.2, -0.15) is 0 Å². The molecule has 0 bridgehead atoms. The Balaban J connectivity index is 1.70. The molecular weight excluding hydrogens is 314 g/mol. The number of amidine groups is 1. The Morgan fingerprint density at radius 3 is 3.17 bits per heavy atom. The monoisotopic (exact) mass is 335 g/mol. The molecule has 23 heavy (non-hydrogen) atoms. The van der Waals surface area contributed by atoms with E-state index < -0.39 is 0 Å². The smallest absolute Gasteiger partial charge is 0.229 e. The van der Waals surface area contributed by atoms with E-state index in [1.807, 2.05) is 18.4 Å². The number of furan rings is 1. The number of thioether (sulfide) groups is 1. The van der Waals surface area contributed by atoms with Crippen molar-refractivity contribution in [2.24, 2.45) is 4.99 Å². The number of hydrogen-bond acceptors (Lipinski definition) is 6. The second-order valence-corrected chi connectivity index (χ2v) is 6.40. The molecule has 1 aromatic heterocycles. The van der Waals surface area contributed by atoms with Gasteiger partial charge in [0.05, 0.1) is 38.4 Å². The molecular formula is C16H21N3O3S. The van der Waals surface area contributed by atoms with Gasteiger partial charge >= 0.3 is 0 Å². The van der Waals surface area contributed by atoms with Crippen molar-refractivity contribution in [1.29, 1.82) is 0 Å². The topological polar surface area (TPSA) is 69.3 Å². The second kappa shape index (κ2) is 7.23. The van der Waals surface area contributed by atoms with Crippen LogP contribution in [0.3, 0.4) is 0 Å². The number of carbonyl (C=O) groups is 1. The van der Waals surface area contributed by atoms with Crippen LogP contribution in [0.4, 0.5) is 0 Å². The van der Waals surface area contributed by atoms with Gasteiger partial charge < -0.3 is 19.3 Å². The van der Waals surface area contributed by atoms with Crippen molar-refractivity contribution >= 4 is 22.8 Å². The first kappa shape index (κ1) is 16.1. The molecule has 1 atom stereocenters. The molecule has 1 amide bonds. The molecule has 0 saturated heterocycles. The number of aliphatic hydroxyl groups is 1. The number of amides is 1. The van der Waals surface area contributed by atoms with E-state index in [0.29, 0.717) is 19.4 Å². The molecule has 124 valence electrons. The highest BCUT2D eigenvalue weighted by molar-refractivity contribution is 8.16. The molecule has 0 radical (unpaired) electrons. The highest BCUT2D eigenvalue weighted by atomic mass is 32.2. The summed E-state index contributed by atoms with van der Waals surface area (Å²) in [5, 5.41) is 12.6. The second-order valence-electron chi connectivity index (χ2n) is 5.57. The van der Waals surface area contributed by atoms with E-state index in [1.165, 1.54) is 0 Å². The summed E-state index contributed by atoms with van der Waals surface area (Å²) in [6.45, 7) is 3.94. The maximum absolute atomic E-state index is 12.8. The molecule has 0 aliphatic carbocycles. The van der Waals surface area contributed by atoms with E-state index in [4.69, 9.17) is 4.42 Å². The van der Waals surface area contributed by atoms with Gasteiger partial charge in [-0.1, -0.05) is 18.7 Å². The molecule has 3 heterocycles. The molecule has 1 N–H and O–H groups in total. The first-order valence-corrected chi connectivity index (χ1v) is 8.71. The predicted octanol–water partition coefficient (Wildman–Crippen LogP) is 2.03. The Morgan fingerprint density at radius 1 is 1.61 bits per heavy atom. The number of rotatable bonds is 7. The summed E-state index contributed by atoms with van der Waals surface area (Å²) in [7, 11) is 0. The van der Waals surface area contributed by atoms with Crippen molar-refractivity contribution in [3.63, 3.8) is 0 Å². The average molecular weight is 335 g/mol. The van der Waals surface area contributed by atoms with E-state index in [9.17, 15) is 9.90 Å². The van der Waals surface area contributed by atoms with Gasteiger partial charge in [0.25, 0.3) is 0 Å². The lowest BCUT2D eigenvalue weighted by atomic mass is 10.1. The normalized spacial score (nSPS) is 17.7. The molecule has 2 aliphatic rings. The minimum absolute atomic E-state index is 0.00213. The van der Waals surface area contributed by atoms with Gasteiger partial charge in [-0.05, 0) is 24.0 Å². The zero-order valence-electron chi connectivity index (χ0n) is 13.1. The minimum Gasteiger partial charge on any atom is -0.467 e. The Bertz CT molecular complexity index is 608. The number of hydrogen-bond donors (Lipinski definition) is 1. The fourth-order valence-corrected chi connectivity index (χ4v) is 3.76. The SMILES string of the molecule is CCC(CO)N(Cc1ccco1)C(=O)CC1=CSC2=NCCN12. The van der Waals surface area contributed by atoms with Crippen LogP contribution in [-0.2, 0) is 11.3 Å². The highest BCUT2D eigenvalue weighted by Crippen LogP contribution is 2.31. The van der Waals surface area contributed by atoms with Gasteiger partial charge in [0, 0.05) is 12.2 Å². The largest absolute Gasteiger partial charge is 0.467 e. The van der Waals surface area contributed by atoms with E-state index in [-0.39, 0.29) is 18.6 Å². The van der Waals surface area contributed by atoms with E-state index in [2.05, 4.69) is 9.89 Å². The summed E-state index contributed by atoms with van der Waals surface area (Å²) < 4.78 is 5.37. The van der Waals surface area contributed by atoms with Crippen LogP contribution in [0.2, 0.25) is 0 Å². The van der Waals surface area contributed by atoms with Gasteiger partial charge in [0.2, 0.25) is 5.91 Å². The number of carbonyl (C=O) groups excluding carboxylic acids is 1. The van der Waals surface area contributed by atoms with Gasteiger partial charge in [0.1, 0.15) is 5.76 Å². The standard InChI is InChI=1S/C16H21N3O3S/c1-2-12(10-20)19(9-14-4-3-7-22-14)15(21)8-13-11-23-16-17-5-6-18(13)16/h3-4,7,11-12,20H,2,5-6,8-10H2,1H3. The fourth-order valence-electron chi connectivity index (χ4n) is 2.81. The minimum atomic E-state index is -0.200. The highest BCUT2D eigenvalue weighted by Gasteiger charge is 2.30.